The van der Waals surface area contributed by atoms with E-state index in [0.717, 1.165) is 17.6 Å². The molecule has 1 aromatic carbocycles. The van der Waals surface area contributed by atoms with Gasteiger partial charge in [0.05, 0.1) is 73.0 Å². The molecule has 1 atom stereocenters. The Labute approximate surface area is 166 Å². The molecule has 0 saturated carbocycles. The van der Waals surface area contributed by atoms with Crippen LogP contribution in [0.3, 0.4) is 0 Å². The molecule has 0 aromatic heterocycles. The Hall–Kier alpha value is -0.980. The number of hydrogen-bond acceptors (Lipinski definition) is 4. The third-order valence-corrected chi connectivity index (χ3v) is 4.57. The summed E-state index contributed by atoms with van der Waals surface area (Å²) in [6, 6.07) is 10.2. The fourth-order valence-corrected chi connectivity index (χ4v) is 2.66. The molecular formula is C22H40NO4+. The number of ether oxygens (including phenoxy) is 4. The van der Waals surface area contributed by atoms with Gasteiger partial charge < -0.3 is 23.4 Å². The molecule has 5 heteroatoms. The quantitative estimate of drug-likeness (QED) is 0.304. The Morgan fingerprint density at radius 2 is 1.33 bits per heavy atom. The Bertz CT molecular complexity index is 453. The van der Waals surface area contributed by atoms with Gasteiger partial charge in [0.15, 0.2) is 0 Å². The van der Waals surface area contributed by atoms with Gasteiger partial charge in [-0.25, -0.2) is 0 Å². The number of rotatable bonds is 17. The number of benzene rings is 1. The Balaban J connectivity index is 1.85. The molecule has 1 aromatic rings. The summed E-state index contributed by atoms with van der Waals surface area (Å²) in [7, 11) is 4.52. The fraction of sp³-hybridized carbons (Fsp3) is 0.727. The first kappa shape index (κ1) is 24.1. The van der Waals surface area contributed by atoms with Crippen molar-refractivity contribution in [3.63, 3.8) is 0 Å². The normalized spacial score (nSPS) is 13.0. The highest BCUT2D eigenvalue weighted by Crippen LogP contribution is 2.15. The largest absolute Gasteiger partial charge is 0.377 e. The third-order valence-electron chi connectivity index (χ3n) is 4.57. The average molecular weight is 383 g/mol. The number of nitrogens with zero attached hydrogens (tertiary/aromatic N) is 1. The topological polar surface area (TPSA) is 36.9 Å². The second kappa shape index (κ2) is 15.0. The van der Waals surface area contributed by atoms with Crippen LogP contribution < -0.4 is 0 Å². The maximum absolute atomic E-state index is 5.76. The first-order valence-electron chi connectivity index (χ1n) is 10.3. The monoisotopic (exact) mass is 382 g/mol. The second-order valence-corrected chi connectivity index (χ2v) is 7.50. The lowest BCUT2D eigenvalue weighted by Gasteiger charge is -2.29. The Morgan fingerprint density at radius 3 is 1.93 bits per heavy atom. The molecule has 0 N–H and O–H groups in total. The molecule has 0 amide bonds. The van der Waals surface area contributed by atoms with E-state index in [-0.39, 0.29) is 6.10 Å². The summed E-state index contributed by atoms with van der Waals surface area (Å²) in [4.78, 5) is 0. The number of likely N-dealkylation sites (N-methyl/N-ethyl adjacent to an activating group) is 1. The van der Waals surface area contributed by atoms with E-state index in [9.17, 15) is 0 Å². The molecule has 0 spiro atoms. The maximum Gasteiger partial charge on any atom is 0.102 e. The van der Waals surface area contributed by atoms with Crippen molar-refractivity contribution in [3.8, 4) is 0 Å². The highest BCUT2D eigenvalue weighted by Gasteiger charge is 2.13. The van der Waals surface area contributed by atoms with Crippen molar-refractivity contribution in [1.29, 1.82) is 0 Å². The lowest BCUT2D eigenvalue weighted by Crippen LogP contribution is -2.43. The van der Waals surface area contributed by atoms with Crippen molar-refractivity contribution in [3.05, 3.63) is 35.9 Å². The van der Waals surface area contributed by atoms with Gasteiger partial charge in [-0.3, -0.25) is 0 Å². The summed E-state index contributed by atoms with van der Waals surface area (Å²) in [6.07, 6.45) is 2.61. The van der Waals surface area contributed by atoms with Gasteiger partial charge in [0, 0.05) is 0 Å². The molecule has 0 bridgehead atoms. The van der Waals surface area contributed by atoms with E-state index in [0.29, 0.717) is 39.6 Å². The van der Waals surface area contributed by atoms with Crippen LogP contribution >= 0.6 is 0 Å². The minimum absolute atomic E-state index is 0.0915. The molecule has 0 saturated heterocycles. The van der Waals surface area contributed by atoms with Crippen molar-refractivity contribution < 1.29 is 23.4 Å². The van der Waals surface area contributed by atoms with Gasteiger partial charge in [-0.1, -0.05) is 43.7 Å². The van der Waals surface area contributed by atoms with Crippen LogP contribution in [0, 0.1) is 0 Å². The lowest BCUT2D eigenvalue weighted by molar-refractivity contribution is -0.890. The van der Waals surface area contributed by atoms with Crippen LogP contribution in [-0.2, 0) is 18.9 Å². The van der Waals surface area contributed by atoms with Crippen molar-refractivity contribution in [1.82, 2.24) is 0 Å². The van der Waals surface area contributed by atoms with Crippen LogP contribution in [0.4, 0.5) is 0 Å². The summed E-state index contributed by atoms with van der Waals surface area (Å²) in [5, 5.41) is 0. The summed E-state index contributed by atoms with van der Waals surface area (Å²) < 4.78 is 23.5. The van der Waals surface area contributed by atoms with Crippen LogP contribution in [0.5, 0.6) is 0 Å². The van der Waals surface area contributed by atoms with Crippen LogP contribution in [0.1, 0.15) is 38.4 Å². The molecule has 1 rings (SSSR count). The molecule has 156 valence electrons. The highest BCUT2D eigenvalue weighted by atomic mass is 16.6. The molecule has 1 unspecified atom stereocenters. The van der Waals surface area contributed by atoms with E-state index in [1.165, 1.54) is 24.9 Å². The first-order valence-corrected chi connectivity index (χ1v) is 10.3. The zero-order valence-electron chi connectivity index (χ0n) is 17.8. The van der Waals surface area contributed by atoms with Gasteiger partial charge in [0.25, 0.3) is 0 Å². The number of hydrogen-bond donors (Lipinski definition) is 0. The van der Waals surface area contributed by atoms with Gasteiger partial charge in [-0.05, 0) is 18.9 Å². The summed E-state index contributed by atoms with van der Waals surface area (Å²) in [5.74, 6) is 0. The highest BCUT2D eigenvalue weighted by molar-refractivity contribution is 5.16. The minimum atomic E-state index is 0.0915. The molecule has 0 aliphatic carbocycles. The zero-order valence-corrected chi connectivity index (χ0v) is 17.8. The van der Waals surface area contributed by atoms with Gasteiger partial charge in [0.1, 0.15) is 6.54 Å². The van der Waals surface area contributed by atoms with E-state index in [1.807, 2.05) is 18.2 Å². The lowest BCUT2D eigenvalue weighted by atomic mass is 10.1. The maximum atomic E-state index is 5.76. The van der Waals surface area contributed by atoms with Gasteiger partial charge in [0.2, 0.25) is 0 Å². The molecule has 5 nitrogen and oxygen atoms in total. The predicted octanol–water partition coefficient (Wildman–Crippen LogP) is 3.69. The smallest absolute Gasteiger partial charge is 0.102 e. The molecule has 0 fully saturated rings. The number of quaternary nitrogens is 1. The van der Waals surface area contributed by atoms with Crippen molar-refractivity contribution >= 4 is 0 Å². The average Bonchev–Trinajstić information content (AvgIpc) is 2.67. The van der Waals surface area contributed by atoms with Crippen LogP contribution in [-0.4, -0.2) is 77.9 Å². The van der Waals surface area contributed by atoms with Crippen molar-refractivity contribution in [2.45, 2.75) is 32.8 Å². The Morgan fingerprint density at radius 1 is 0.778 bits per heavy atom. The van der Waals surface area contributed by atoms with E-state index in [2.05, 4.69) is 40.1 Å². The third kappa shape index (κ3) is 12.9. The fourth-order valence-electron chi connectivity index (χ4n) is 2.66. The van der Waals surface area contributed by atoms with Crippen molar-refractivity contribution in [2.24, 2.45) is 0 Å². The SMILES string of the molecule is CCCC[N+](C)(C)CCOCCOCCOCCOC(C)c1ccccc1. The summed E-state index contributed by atoms with van der Waals surface area (Å²) in [5.41, 5.74) is 1.19. The molecule has 0 radical (unpaired) electrons. The van der Waals surface area contributed by atoms with Crippen LogP contribution in [0.25, 0.3) is 0 Å². The van der Waals surface area contributed by atoms with E-state index in [4.69, 9.17) is 18.9 Å². The standard InChI is InChI=1S/C22H40NO4/c1-5-6-12-23(3,4)13-14-24-15-16-25-17-18-26-19-20-27-21(2)22-10-8-7-9-11-22/h7-11,21H,5-6,12-20H2,1-4H3/q+1. The first-order chi connectivity index (χ1) is 13.0. The second-order valence-electron chi connectivity index (χ2n) is 7.50. The van der Waals surface area contributed by atoms with Gasteiger partial charge >= 0.3 is 0 Å². The Kier molecular flexibility index (Phi) is 13.4. The molecule has 27 heavy (non-hydrogen) atoms. The van der Waals surface area contributed by atoms with Crippen molar-refractivity contribution in [2.75, 3.05) is 73.4 Å². The van der Waals surface area contributed by atoms with E-state index in [1.54, 1.807) is 0 Å². The minimum Gasteiger partial charge on any atom is -0.377 e. The van der Waals surface area contributed by atoms with Gasteiger partial charge in [-0.2, -0.15) is 0 Å². The zero-order chi connectivity index (χ0) is 19.8. The van der Waals surface area contributed by atoms with Gasteiger partial charge in [-0.15, -0.1) is 0 Å². The van der Waals surface area contributed by atoms with Crippen LogP contribution in [0.15, 0.2) is 30.3 Å². The molecule has 0 aliphatic rings. The molecule has 0 heterocycles. The van der Waals surface area contributed by atoms with E-state index >= 15 is 0 Å². The van der Waals surface area contributed by atoms with E-state index < -0.39 is 0 Å². The molecular weight excluding hydrogens is 342 g/mol. The molecule has 0 aliphatic heterocycles. The summed E-state index contributed by atoms with van der Waals surface area (Å²) >= 11 is 0. The number of unbranched alkanes of at least 4 members (excludes halogenated alkanes) is 1. The van der Waals surface area contributed by atoms with Crippen LogP contribution in [0.2, 0.25) is 0 Å². The summed E-state index contributed by atoms with van der Waals surface area (Å²) in [6.45, 7) is 10.9. The predicted molar refractivity (Wildman–Crippen MR) is 110 cm³/mol.